The second kappa shape index (κ2) is 7.44. The van der Waals surface area contributed by atoms with E-state index >= 15 is 0 Å². The Morgan fingerprint density at radius 1 is 1.30 bits per heavy atom. The minimum atomic E-state index is -1.21. The third-order valence-electron chi connectivity index (χ3n) is 4.53. The fourth-order valence-electron chi connectivity index (χ4n) is 3.02. The highest BCUT2D eigenvalue weighted by molar-refractivity contribution is 5.83. The molecule has 126 valence electrons. The lowest BCUT2D eigenvalue weighted by molar-refractivity contribution is -0.145. The topological polar surface area (TPSA) is 75.6 Å². The molecule has 1 aromatic carbocycles. The number of rotatable bonds is 7. The van der Waals surface area contributed by atoms with E-state index in [4.69, 9.17) is 4.74 Å². The number of aliphatic carboxylic acids is 1. The van der Waals surface area contributed by atoms with Crippen LogP contribution in [0.25, 0.3) is 0 Å². The van der Waals surface area contributed by atoms with Crippen molar-refractivity contribution < 1.29 is 23.8 Å². The van der Waals surface area contributed by atoms with Gasteiger partial charge in [-0.15, -0.1) is 0 Å². The molecule has 0 bridgehead atoms. The lowest BCUT2D eigenvalue weighted by atomic mass is 9.82. The first kappa shape index (κ1) is 17.2. The molecule has 0 aliphatic heterocycles. The number of nitrogens with one attached hydrogen (secondary N) is 1. The van der Waals surface area contributed by atoms with Gasteiger partial charge in [-0.05, 0) is 43.5 Å². The molecule has 6 heteroatoms. The van der Waals surface area contributed by atoms with Crippen molar-refractivity contribution in [2.45, 2.75) is 45.1 Å². The molecule has 1 aliphatic carbocycles. The Morgan fingerprint density at radius 2 is 1.91 bits per heavy atom. The molecule has 2 rings (SSSR count). The summed E-state index contributed by atoms with van der Waals surface area (Å²) in [6, 6.07) is 5.10. The summed E-state index contributed by atoms with van der Waals surface area (Å²) in [6.45, 7) is 1.86. The predicted molar refractivity (Wildman–Crippen MR) is 82.7 cm³/mol. The van der Waals surface area contributed by atoms with Gasteiger partial charge < -0.3 is 15.2 Å². The lowest BCUT2D eigenvalue weighted by Crippen LogP contribution is -2.45. The number of halogens is 1. The highest BCUT2D eigenvalue weighted by Gasteiger charge is 2.39. The molecule has 23 heavy (non-hydrogen) atoms. The zero-order chi connectivity index (χ0) is 16.9. The Kier molecular flexibility index (Phi) is 5.58. The maximum atomic E-state index is 12.9. The van der Waals surface area contributed by atoms with Crippen LogP contribution in [0, 0.1) is 11.2 Å². The molecule has 1 unspecified atom stereocenters. The molecule has 1 aliphatic rings. The van der Waals surface area contributed by atoms with E-state index in [0.29, 0.717) is 0 Å². The smallest absolute Gasteiger partial charge is 0.346 e. The number of benzene rings is 1. The standard InChI is InChI=1S/C17H22FNO4/c1-2-17(9-3-4-10-17)16(22)19-11-14(15(20)21)23-13-7-5-12(18)6-8-13/h5-8,14H,2-4,9-11H2,1H3,(H,19,22)(H,20,21). The second-order valence-electron chi connectivity index (χ2n) is 5.95. The molecule has 1 fully saturated rings. The van der Waals surface area contributed by atoms with Crippen molar-refractivity contribution in [2.75, 3.05) is 6.54 Å². The fraction of sp³-hybridized carbons (Fsp3) is 0.529. The molecule has 0 spiro atoms. The number of carbonyl (C=O) groups excluding carboxylic acids is 1. The van der Waals surface area contributed by atoms with E-state index in [9.17, 15) is 19.1 Å². The van der Waals surface area contributed by atoms with Gasteiger partial charge in [0.05, 0.1) is 6.54 Å². The largest absolute Gasteiger partial charge is 0.478 e. The molecule has 0 saturated heterocycles. The van der Waals surface area contributed by atoms with Crippen LogP contribution in [0.2, 0.25) is 0 Å². The fourth-order valence-corrected chi connectivity index (χ4v) is 3.02. The number of ether oxygens (including phenoxy) is 1. The van der Waals surface area contributed by atoms with Gasteiger partial charge in [0.15, 0.2) is 0 Å². The van der Waals surface area contributed by atoms with E-state index in [0.717, 1.165) is 32.1 Å². The summed E-state index contributed by atoms with van der Waals surface area (Å²) in [5.41, 5.74) is -0.376. The normalized spacial score (nSPS) is 17.5. The zero-order valence-electron chi connectivity index (χ0n) is 13.2. The minimum absolute atomic E-state index is 0.105. The monoisotopic (exact) mass is 323 g/mol. The Morgan fingerprint density at radius 3 is 2.43 bits per heavy atom. The van der Waals surface area contributed by atoms with Crippen molar-refractivity contribution in [3.05, 3.63) is 30.1 Å². The van der Waals surface area contributed by atoms with Crippen LogP contribution in [0.5, 0.6) is 5.75 Å². The molecule has 0 aromatic heterocycles. The summed E-state index contributed by atoms with van der Waals surface area (Å²) in [5.74, 6) is -1.46. The average Bonchev–Trinajstić information content (AvgIpc) is 3.03. The van der Waals surface area contributed by atoms with E-state index < -0.39 is 17.9 Å². The van der Waals surface area contributed by atoms with Crippen LogP contribution < -0.4 is 10.1 Å². The van der Waals surface area contributed by atoms with E-state index in [1.165, 1.54) is 24.3 Å². The summed E-state index contributed by atoms with van der Waals surface area (Å²) in [4.78, 5) is 23.7. The van der Waals surface area contributed by atoms with Gasteiger partial charge in [-0.3, -0.25) is 4.79 Å². The molecule has 1 amide bonds. The van der Waals surface area contributed by atoms with Crippen LogP contribution in [-0.2, 0) is 9.59 Å². The first-order valence-electron chi connectivity index (χ1n) is 7.90. The summed E-state index contributed by atoms with van der Waals surface area (Å²) in [5, 5.41) is 11.9. The Balaban J connectivity index is 1.95. The molecule has 0 radical (unpaired) electrons. The van der Waals surface area contributed by atoms with Gasteiger partial charge >= 0.3 is 5.97 Å². The minimum Gasteiger partial charge on any atom is -0.478 e. The molecule has 1 atom stereocenters. The van der Waals surface area contributed by atoms with Gasteiger partial charge in [-0.25, -0.2) is 9.18 Å². The molecule has 2 N–H and O–H groups in total. The van der Waals surface area contributed by atoms with Gasteiger partial charge in [0.25, 0.3) is 0 Å². The number of hydrogen-bond donors (Lipinski definition) is 2. The van der Waals surface area contributed by atoms with Gasteiger partial charge in [0.2, 0.25) is 12.0 Å². The highest BCUT2D eigenvalue weighted by Crippen LogP contribution is 2.41. The Labute approximate surface area is 134 Å². The number of carbonyl (C=O) groups is 2. The van der Waals surface area contributed by atoms with Crippen LogP contribution in [0.4, 0.5) is 4.39 Å². The summed E-state index contributed by atoms with van der Waals surface area (Å²) < 4.78 is 18.2. The molecule has 1 aromatic rings. The first-order chi connectivity index (χ1) is 11.0. The maximum absolute atomic E-state index is 12.9. The van der Waals surface area contributed by atoms with Crippen LogP contribution in [0.15, 0.2) is 24.3 Å². The molecule has 1 saturated carbocycles. The van der Waals surface area contributed by atoms with Crippen LogP contribution in [0.1, 0.15) is 39.0 Å². The molecule has 5 nitrogen and oxygen atoms in total. The van der Waals surface area contributed by atoms with Crippen molar-refractivity contribution in [3.63, 3.8) is 0 Å². The van der Waals surface area contributed by atoms with Gasteiger partial charge in [-0.2, -0.15) is 0 Å². The summed E-state index contributed by atoms with van der Waals surface area (Å²) in [7, 11) is 0. The number of amides is 1. The summed E-state index contributed by atoms with van der Waals surface area (Å²) >= 11 is 0. The number of carboxylic acid groups (broad SMARTS) is 1. The van der Waals surface area contributed by atoms with Crippen LogP contribution >= 0.6 is 0 Å². The van der Waals surface area contributed by atoms with Crippen molar-refractivity contribution in [1.82, 2.24) is 5.32 Å². The lowest BCUT2D eigenvalue weighted by Gasteiger charge is -2.27. The van der Waals surface area contributed by atoms with E-state index in [2.05, 4.69) is 5.32 Å². The molecular weight excluding hydrogens is 301 g/mol. The maximum Gasteiger partial charge on any atom is 0.346 e. The van der Waals surface area contributed by atoms with E-state index in [-0.39, 0.29) is 23.6 Å². The van der Waals surface area contributed by atoms with E-state index in [1.54, 1.807) is 0 Å². The molecule has 0 heterocycles. The van der Waals surface area contributed by atoms with Crippen LogP contribution in [0.3, 0.4) is 0 Å². The van der Waals surface area contributed by atoms with Gasteiger partial charge in [0.1, 0.15) is 11.6 Å². The third kappa shape index (κ3) is 4.21. The highest BCUT2D eigenvalue weighted by atomic mass is 19.1. The Hall–Kier alpha value is -2.11. The predicted octanol–water partition coefficient (Wildman–Crippen LogP) is 2.74. The van der Waals surface area contributed by atoms with Crippen LogP contribution in [-0.4, -0.2) is 29.6 Å². The quantitative estimate of drug-likeness (QED) is 0.809. The van der Waals surface area contributed by atoms with Gasteiger partial charge in [-0.1, -0.05) is 19.8 Å². The SMILES string of the molecule is CCC1(C(=O)NCC(Oc2ccc(F)cc2)C(=O)O)CCCC1. The van der Waals surface area contributed by atoms with E-state index in [1.807, 2.05) is 6.92 Å². The van der Waals surface area contributed by atoms with Crippen molar-refractivity contribution in [1.29, 1.82) is 0 Å². The van der Waals surface area contributed by atoms with Crippen molar-refractivity contribution >= 4 is 11.9 Å². The number of carboxylic acids is 1. The zero-order valence-corrected chi connectivity index (χ0v) is 13.2. The first-order valence-corrected chi connectivity index (χ1v) is 7.90. The Bertz CT molecular complexity index is 552. The second-order valence-corrected chi connectivity index (χ2v) is 5.95. The van der Waals surface area contributed by atoms with Gasteiger partial charge in [0, 0.05) is 5.41 Å². The summed E-state index contributed by atoms with van der Waals surface area (Å²) in [6.07, 6.45) is 3.26. The number of hydrogen-bond acceptors (Lipinski definition) is 3. The molecular formula is C17H22FNO4. The van der Waals surface area contributed by atoms with Crippen molar-refractivity contribution in [2.24, 2.45) is 5.41 Å². The van der Waals surface area contributed by atoms with Crippen molar-refractivity contribution in [3.8, 4) is 5.75 Å². The third-order valence-corrected chi connectivity index (χ3v) is 4.53. The average molecular weight is 323 g/mol.